The maximum Gasteiger partial charge on any atom is 2.00 e. The largest absolute Gasteiger partial charge is 2.00 e. The van der Waals surface area contributed by atoms with Crippen LogP contribution in [0.3, 0.4) is 0 Å². The molecule has 0 aliphatic rings. The van der Waals surface area contributed by atoms with E-state index in [0.29, 0.717) is 26.2 Å². The summed E-state index contributed by atoms with van der Waals surface area (Å²) < 4.78 is 0. The number of rotatable bonds is 14. The first-order chi connectivity index (χ1) is 21.1. The Bertz CT molecular complexity index is 1220. The third-order valence-electron chi connectivity index (χ3n) is 7.19. The van der Waals surface area contributed by atoms with Gasteiger partial charge in [0.1, 0.15) is 0 Å². The molecule has 0 aliphatic heterocycles. The topological polar surface area (TPSA) is 105 Å². The van der Waals surface area contributed by atoms with E-state index < -0.39 is 0 Å². The zero-order valence-corrected chi connectivity index (χ0v) is 28.8. The summed E-state index contributed by atoms with van der Waals surface area (Å²) >= 11 is 0. The number of hydrogen-bond donors (Lipinski definition) is 0. The molecule has 0 heterocycles. The van der Waals surface area contributed by atoms with Crippen molar-refractivity contribution in [3.63, 3.8) is 0 Å². The summed E-state index contributed by atoms with van der Waals surface area (Å²) in [7, 11) is 8.06. The Labute approximate surface area is 295 Å². The van der Waals surface area contributed by atoms with E-state index in [2.05, 4.69) is 19.6 Å². The van der Waals surface area contributed by atoms with Gasteiger partial charge in [-0.2, -0.15) is 0 Å². The van der Waals surface area contributed by atoms with E-state index in [-0.39, 0.29) is 57.1 Å². The van der Waals surface area contributed by atoms with Crippen LogP contribution in [0.5, 0.6) is 23.0 Å². The second-order valence-corrected chi connectivity index (χ2v) is 11.5. The normalized spacial score (nSPS) is 10.8. The Balaban J connectivity index is 0.000000441. The van der Waals surface area contributed by atoms with Crippen LogP contribution < -0.4 is 20.4 Å². The molecule has 0 saturated heterocycles. The van der Waals surface area contributed by atoms with Gasteiger partial charge in [-0.25, -0.2) is 0 Å². The third-order valence-corrected chi connectivity index (χ3v) is 7.19. The molecule has 0 saturated carbocycles. The molecule has 0 spiro atoms. The van der Waals surface area contributed by atoms with Gasteiger partial charge < -0.3 is 30.2 Å². The van der Waals surface area contributed by atoms with Gasteiger partial charge in [0.25, 0.3) is 0 Å². The third kappa shape index (κ3) is 14.6. The van der Waals surface area contributed by atoms with Gasteiger partial charge in [0.15, 0.2) is 0 Å². The van der Waals surface area contributed by atoms with Crippen LogP contribution in [0.2, 0.25) is 0 Å². The molecular formula is C36H44Cu2N4O4. The second-order valence-electron chi connectivity index (χ2n) is 11.5. The first-order valence-corrected chi connectivity index (χ1v) is 14.9. The molecule has 8 nitrogen and oxygen atoms in total. The van der Waals surface area contributed by atoms with Crippen molar-refractivity contribution in [2.45, 2.75) is 26.2 Å². The number of para-hydroxylation sites is 4. The Morgan fingerprint density at radius 3 is 0.783 bits per heavy atom. The van der Waals surface area contributed by atoms with E-state index in [1.807, 2.05) is 76.7 Å². The Morgan fingerprint density at radius 2 is 0.587 bits per heavy atom. The SMILES string of the molecule is CN(C)CCN(Cc1ccccc1[O-])Cc1ccccc1[O-].CN(C)CCN(Cc1ccccc1[O-])Cc1ccccc1[O-].[Cu+2].[Cu+2]. The quantitative estimate of drug-likeness (QED) is 0.183. The molecule has 4 aromatic carbocycles. The van der Waals surface area contributed by atoms with Crippen molar-refractivity contribution >= 4 is 0 Å². The zero-order chi connectivity index (χ0) is 31.9. The van der Waals surface area contributed by atoms with Gasteiger partial charge in [-0.05, 0) is 50.4 Å². The van der Waals surface area contributed by atoms with E-state index in [1.165, 1.54) is 0 Å². The average Bonchev–Trinajstić information content (AvgIpc) is 2.99. The van der Waals surface area contributed by atoms with E-state index in [0.717, 1.165) is 48.4 Å². The Morgan fingerprint density at radius 1 is 0.370 bits per heavy atom. The van der Waals surface area contributed by atoms with Crippen molar-refractivity contribution in [1.82, 2.24) is 19.6 Å². The van der Waals surface area contributed by atoms with E-state index >= 15 is 0 Å². The van der Waals surface area contributed by atoms with Crippen LogP contribution in [0.1, 0.15) is 22.3 Å². The van der Waals surface area contributed by atoms with Crippen LogP contribution in [-0.2, 0) is 60.3 Å². The molecule has 4 rings (SSSR count). The van der Waals surface area contributed by atoms with Gasteiger partial charge in [-0.15, -0.1) is 23.0 Å². The molecule has 0 unspecified atom stereocenters. The van der Waals surface area contributed by atoms with Crippen molar-refractivity contribution in [2.24, 2.45) is 0 Å². The van der Waals surface area contributed by atoms with Crippen LogP contribution in [-0.4, -0.2) is 74.0 Å². The first-order valence-electron chi connectivity index (χ1n) is 14.9. The number of hydrogen-bond acceptors (Lipinski definition) is 8. The number of nitrogens with zero attached hydrogens (tertiary/aromatic N) is 4. The molecule has 2 radical (unpaired) electrons. The summed E-state index contributed by atoms with van der Waals surface area (Å²) in [5.41, 5.74) is 3.07. The van der Waals surface area contributed by atoms with Crippen LogP contribution in [0, 0.1) is 0 Å². The summed E-state index contributed by atoms with van der Waals surface area (Å²) in [6.07, 6.45) is 0. The fourth-order valence-corrected chi connectivity index (χ4v) is 4.61. The van der Waals surface area contributed by atoms with E-state index in [4.69, 9.17) is 0 Å². The van der Waals surface area contributed by atoms with Crippen molar-refractivity contribution in [1.29, 1.82) is 0 Å². The molecule has 0 aliphatic carbocycles. The summed E-state index contributed by atoms with van der Waals surface area (Å²) in [5.74, 6) is 0.195. The fourth-order valence-electron chi connectivity index (χ4n) is 4.61. The first kappa shape index (κ1) is 41.0. The second kappa shape index (κ2) is 21.7. The van der Waals surface area contributed by atoms with Gasteiger partial charge in [-0.3, -0.25) is 9.80 Å². The van der Waals surface area contributed by atoms with Crippen LogP contribution in [0.25, 0.3) is 0 Å². The average molecular weight is 724 g/mol. The summed E-state index contributed by atoms with van der Waals surface area (Å²) in [4.78, 5) is 8.49. The van der Waals surface area contributed by atoms with Crippen LogP contribution in [0.4, 0.5) is 0 Å². The van der Waals surface area contributed by atoms with Crippen molar-refractivity contribution in [2.75, 3.05) is 54.4 Å². The zero-order valence-electron chi connectivity index (χ0n) is 26.9. The molecule has 0 amide bonds. The van der Waals surface area contributed by atoms with Gasteiger partial charge in [0.05, 0.1) is 0 Å². The number of benzene rings is 4. The fraction of sp³-hybridized carbons (Fsp3) is 0.333. The minimum Gasteiger partial charge on any atom is -0.872 e. The van der Waals surface area contributed by atoms with E-state index in [1.54, 1.807) is 48.5 Å². The maximum absolute atomic E-state index is 11.9. The monoisotopic (exact) mass is 722 g/mol. The van der Waals surface area contributed by atoms with Gasteiger partial charge >= 0.3 is 34.1 Å². The standard InChI is InChI=1S/2C18H24N2O2.2Cu/c2*1-19(2)11-12-20(13-15-7-3-5-9-17(15)21)14-16-8-4-6-10-18(16)22;;/h2*3-10,21-22H,11-14H2,1-2H3;;/q;;2*+2/p-4. The molecule has 10 heteroatoms. The van der Waals surface area contributed by atoms with Crippen molar-refractivity contribution < 1.29 is 54.6 Å². The maximum atomic E-state index is 11.9. The Kier molecular flexibility index (Phi) is 19.3. The predicted octanol–water partition coefficient (Wildman–Crippen LogP) is 2.79. The molecule has 4 aromatic rings. The van der Waals surface area contributed by atoms with Gasteiger partial charge in [0, 0.05) is 52.4 Å². The Hall–Kier alpha value is -3.04. The smallest absolute Gasteiger partial charge is 0.872 e. The molecule has 0 N–H and O–H groups in total. The van der Waals surface area contributed by atoms with E-state index in [9.17, 15) is 20.4 Å². The summed E-state index contributed by atoms with van der Waals surface area (Å²) in [5, 5.41) is 47.7. The molecule has 0 aromatic heterocycles. The van der Waals surface area contributed by atoms with Crippen molar-refractivity contribution in [3.8, 4) is 23.0 Å². The van der Waals surface area contributed by atoms with Crippen LogP contribution in [0.15, 0.2) is 97.1 Å². The minimum atomic E-state index is 0. The number of likely N-dealkylation sites (N-methyl/N-ethyl adjacent to an activating group) is 2. The van der Waals surface area contributed by atoms with Gasteiger partial charge in [-0.1, -0.05) is 97.1 Å². The molecule has 0 bridgehead atoms. The molecule has 0 fully saturated rings. The van der Waals surface area contributed by atoms with Crippen LogP contribution >= 0.6 is 0 Å². The minimum absolute atomic E-state index is 0. The molecular weight excluding hydrogens is 680 g/mol. The molecule has 46 heavy (non-hydrogen) atoms. The van der Waals surface area contributed by atoms with Crippen molar-refractivity contribution in [3.05, 3.63) is 119 Å². The molecule has 0 atom stereocenters. The molecule has 254 valence electrons. The van der Waals surface area contributed by atoms with Gasteiger partial charge in [0.2, 0.25) is 0 Å². The summed E-state index contributed by atoms with van der Waals surface area (Å²) in [6, 6.07) is 28.3. The summed E-state index contributed by atoms with van der Waals surface area (Å²) in [6.45, 7) is 5.59. The predicted molar refractivity (Wildman–Crippen MR) is 169 cm³/mol.